The number of H-pyrrole nitrogens is 1. The average molecular weight is 274 g/mol. The Balaban J connectivity index is 2.43. The average Bonchev–Trinajstić information content (AvgIpc) is 2.23. The van der Waals surface area contributed by atoms with Crippen LogP contribution in [0, 0.1) is 0 Å². The van der Waals surface area contributed by atoms with Gasteiger partial charge in [-0.2, -0.15) is 0 Å². The lowest BCUT2D eigenvalue weighted by atomic mass is 10.1. The van der Waals surface area contributed by atoms with Gasteiger partial charge in [-0.25, -0.2) is 4.79 Å². The maximum absolute atomic E-state index is 11.4. The fourth-order valence-corrected chi connectivity index (χ4v) is 1.68. The minimum absolute atomic E-state index is 0.0439. The van der Waals surface area contributed by atoms with Crippen LogP contribution < -0.4 is 16.6 Å². The zero-order valence-electron chi connectivity index (χ0n) is 11.0. The van der Waals surface area contributed by atoms with E-state index < -0.39 is 11.2 Å². The molecule has 0 amide bonds. The minimum Gasteiger partial charge on any atom is -0.312 e. The standard InChI is InChI=1S/C12H20ClN3O2/c1-12(2,3)14-6-4-5-7-16-8-9(13)10(17)15-11(16)18/h8,14H,4-7H2,1-3H3,(H,15,17,18). The second kappa shape index (κ2) is 6.20. The molecule has 0 atom stereocenters. The van der Waals surface area contributed by atoms with Crippen LogP contribution in [0.1, 0.15) is 33.6 Å². The molecule has 0 saturated heterocycles. The molecule has 0 bridgehead atoms. The number of aromatic nitrogens is 2. The van der Waals surface area contributed by atoms with E-state index in [-0.39, 0.29) is 10.6 Å². The van der Waals surface area contributed by atoms with Gasteiger partial charge in [-0.1, -0.05) is 11.6 Å². The van der Waals surface area contributed by atoms with Crippen LogP contribution in [0.4, 0.5) is 0 Å². The van der Waals surface area contributed by atoms with Gasteiger partial charge in [-0.3, -0.25) is 14.3 Å². The molecular formula is C12H20ClN3O2. The normalized spacial score (nSPS) is 11.8. The molecule has 2 N–H and O–H groups in total. The van der Waals surface area contributed by atoms with Gasteiger partial charge in [0.05, 0.1) is 0 Å². The topological polar surface area (TPSA) is 66.9 Å². The van der Waals surface area contributed by atoms with E-state index in [0.29, 0.717) is 6.54 Å². The molecule has 0 spiro atoms. The van der Waals surface area contributed by atoms with Crippen molar-refractivity contribution in [2.24, 2.45) is 0 Å². The highest BCUT2D eigenvalue weighted by Gasteiger charge is 2.07. The lowest BCUT2D eigenvalue weighted by Crippen LogP contribution is -2.36. The van der Waals surface area contributed by atoms with Gasteiger partial charge < -0.3 is 5.32 Å². The van der Waals surface area contributed by atoms with Crippen LogP contribution in [-0.2, 0) is 6.54 Å². The van der Waals surface area contributed by atoms with Crippen LogP contribution in [0.2, 0.25) is 5.02 Å². The summed E-state index contributed by atoms with van der Waals surface area (Å²) in [6, 6.07) is 0. The first kappa shape index (κ1) is 15.0. The Morgan fingerprint density at radius 3 is 2.61 bits per heavy atom. The molecule has 0 aliphatic heterocycles. The maximum atomic E-state index is 11.4. The lowest BCUT2D eigenvalue weighted by Gasteiger charge is -2.20. The van der Waals surface area contributed by atoms with E-state index in [2.05, 4.69) is 31.1 Å². The first-order valence-corrected chi connectivity index (χ1v) is 6.42. The van der Waals surface area contributed by atoms with Crippen LogP contribution in [0.3, 0.4) is 0 Å². The van der Waals surface area contributed by atoms with E-state index in [1.54, 1.807) is 0 Å². The molecule has 6 heteroatoms. The van der Waals surface area contributed by atoms with E-state index in [9.17, 15) is 9.59 Å². The van der Waals surface area contributed by atoms with Crippen molar-refractivity contribution in [3.8, 4) is 0 Å². The summed E-state index contributed by atoms with van der Waals surface area (Å²) in [5.41, 5.74) is -0.835. The first-order valence-electron chi connectivity index (χ1n) is 6.04. The van der Waals surface area contributed by atoms with Crippen molar-refractivity contribution in [1.82, 2.24) is 14.9 Å². The molecule has 1 heterocycles. The Labute approximate surface area is 111 Å². The second-order valence-electron chi connectivity index (χ2n) is 5.31. The SMILES string of the molecule is CC(C)(C)NCCCCn1cc(Cl)c(=O)[nH]c1=O. The third-order valence-corrected chi connectivity index (χ3v) is 2.72. The molecule has 0 radical (unpaired) electrons. The summed E-state index contributed by atoms with van der Waals surface area (Å²) < 4.78 is 1.43. The highest BCUT2D eigenvalue weighted by Crippen LogP contribution is 2.01. The zero-order valence-corrected chi connectivity index (χ0v) is 11.8. The number of aromatic amines is 1. The molecular weight excluding hydrogens is 254 g/mol. The van der Waals surface area contributed by atoms with Crippen molar-refractivity contribution in [2.75, 3.05) is 6.54 Å². The minimum atomic E-state index is -0.535. The Hall–Kier alpha value is -1.07. The van der Waals surface area contributed by atoms with Crippen LogP contribution in [0.5, 0.6) is 0 Å². The van der Waals surface area contributed by atoms with Gasteiger partial charge >= 0.3 is 5.69 Å². The van der Waals surface area contributed by atoms with Crippen molar-refractivity contribution < 1.29 is 0 Å². The lowest BCUT2D eigenvalue weighted by molar-refractivity contribution is 0.413. The third kappa shape index (κ3) is 5.06. The number of aryl methyl sites for hydroxylation is 1. The summed E-state index contributed by atoms with van der Waals surface area (Å²) >= 11 is 5.67. The van der Waals surface area contributed by atoms with E-state index in [0.717, 1.165) is 19.4 Å². The Morgan fingerprint density at radius 1 is 1.33 bits per heavy atom. The van der Waals surface area contributed by atoms with Gasteiger partial charge in [0, 0.05) is 18.3 Å². The quantitative estimate of drug-likeness (QED) is 0.796. The van der Waals surface area contributed by atoms with Crippen molar-refractivity contribution in [2.45, 2.75) is 45.7 Å². The highest BCUT2D eigenvalue weighted by molar-refractivity contribution is 6.30. The van der Waals surface area contributed by atoms with Crippen molar-refractivity contribution in [3.05, 3.63) is 32.1 Å². The van der Waals surface area contributed by atoms with Gasteiger partial charge in [0.15, 0.2) is 0 Å². The predicted octanol–water partition coefficient (Wildman–Crippen LogP) is 1.36. The molecule has 0 aliphatic rings. The fraction of sp³-hybridized carbons (Fsp3) is 0.667. The molecule has 18 heavy (non-hydrogen) atoms. The number of nitrogens with one attached hydrogen (secondary N) is 2. The Morgan fingerprint density at radius 2 is 2.00 bits per heavy atom. The van der Waals surface area contributed by atoms with Gasteiger partial charge in [-0.15, -0.1) is 0 Å². The summed E-state index contributed by atoms with van der Waals surface area (Å²) in [7, 11) is 0. The summed E-state index contributed by atoms with van der Waals surface area (Å²) in [6.45, 7) is 7.79. The number of rotatable bonds is 5. The summed E-state index contributed by atoms with van der Waals surface area (Å²) in [4.78, 5) is 24.7. The summed E-state index contributed by atoms with van der Waals surface area (Å²) in [6.07, 6.45) is 3.20. The third-order valence-electron chi connectivity index (χ3n) is 2.45. The number of hydrogen-bond acceptors (Lipinski definition) is 3. The number of hydrogen-bond donors (Lipinski definition) is 2. The zero-order chi connectivity index (χ0) is 13.8. The van der Waals surface area contributed by atoms with Crippen LogP contribution >= 0.6 is 11.6 Å². The van der Waals surface area contributed by atoms with E-state index in [4.69, 9.17) is 11.6 Å². The second-order valence-corrected chi connectivity index (χ2v) is 5.72. The molecule has 1 rings (SSSR count). The number of unbranched alkanes of at least 4 members (excludes halogenated alkanes) is 1. The number of halogens is 1. The predicted molar refractivity (Wildman–Crippen MR) is 73.3 cm³/mol. The largest absolute Gasteiger partial charge is 0.328 e. The van der Waals surface area contributed by atoms with Crippen LogP contribution in [0.15, 0.2) is 15.8 Å². The van der Waals surface area contributed by atoms with Crippen LogP contribution in [-0.4, -0.2) is 21.6 Å². The maximum Gasteiger partial charge on any atom is 0.328 e. The molecule has 102 valence electrons. The molecule has 0 aliphatic carbocycles. The number of nitrogens with zero attached hydrogens (tertiary/aromatic N) is 1. The van der Waals surface area contributed by atoms with E-state index in [1.807, 2.05) is 0 Å². The molecule has 0 unspecified atom stereocenters. The molecule has 0 saturated carbocycles. The van der Waals surface area contributed by atoms with Crippen LogP contribution in [0.25, 0.3) is 0 Å². The van der Waals surface area contributed by atoms with E-state index in [1.165, 1.54) is 10.8 Å². The van der Waals surface area contributed by atoms with Crippen molar-refractivity contribution in [1.29, 1.82) is 0 Å². The summed E-state index contributed by atoms with van der Waals surface area (Å²) in [5, 5.41) is 3.42. The molecule has 0 aromatic carbocycles. The molecule has 0 fully saturated rings. The first-order chi connectivity index (χ1) is 8.29. The van der Waals surface area contributed by atoms with Crippen molar-refractivity contribution >= 4 is 11.6 Å². The smallest absolute Gasteiger partial charge is 0.312 e. The fourth-order valence-electron chi connectivity index (χ4n) is 1.52. The van der Waals surface area contributed by atoms with Gasteiger partial charge in [0.1, 0.15) is 5.02 Å². The summed E-state index contributed by atoms with van der Waals surface area (Å²) in [5.74, 6) is 0. The highest BCUT2D eigenvalue weighted by atomic mass is 35.5. The van der Waals surface area contributed by atoms with Gasteiger partial charge in [0.2, 0.25) is 0 Å². The monoisotopic (exact) mass is 273 g/mol. The van der Waals surface area contributed by atoms with E-state index >= 15 is 0 Å². The molecule has 1 aromatic heterocycles. The van der Waals surface area contributed by atoms with Gasteiger partial charge in [0.25, 0.3) is 5.56 Å². The Kier molecular flexibility index (Phi) is 5.16. The van der Waals surface area contributed by atoms with Gasteiger partial charge in [-0.05, 0) is 40.2 Å². The Bertz CT molecular complexity index is 499. The molecule has 1 aromatic rings. The van der Waals surface area contributed by atoms with Crippen molar-refractivity contribution in [3.63, 3.8) is 0 Å². The molecule has 5 nitrogen and oxygen atoms in total.